The van der Waals surface area contributed by atoms with Crippen molar-refractivity contribution < 1.29 is 14.3 Å². The lowest BCUT2D eigenvalue weighted by Crippen LogP contribution is -2.28. The SMILES string of the molecule is CCN1C(=O)/C(=C/c2cccn2-c2ccc(O)cc2)SC1=Nc1ccc(F)cc1. The topological polar surface area (TPSA) is 57.8 Å². The Kier molecular flexibility index (Phi) is 5.22. The first-order chi connectivity index (χ1) is 14.0. The summed E-state index contributed by atoms with van der Waals surface area (Å²) in [6, 6.07) is 16.5. The number of hydrogen-bond acceptors (Lipinski definition) is 4. The summed E-state index contributed by atoms with van der Waals surface area (Å²) in [5.74, 6) is -0.244. The summed E-state index contributed by atoms with van der Waals surface area (Å²) in [5, 5.41) is 10.1. The highest BCUT2D eigenvalue weighted by atomic mass is 32.2. The molecule has 1 aromatic heterocycles. The quantitative estimate of drug-likeness (QED) is 0.623. The van der Waals surface area contributed by atoms with Gasteiger partial charge in [-0.2, -0.15) is 0 Å². The molecule has 1 saturated heterocycles. The summed E-state index contributed by atoms with van der Waals surface area (Å²) in [6.45, 7) is 2.38. The van der Waals surface area contributed by atoms with E-state index in [0.29, 0.717) is 22.3 Å². The van der Waals surface area contributed by atoms with E-state index >= 15 is 0 Å². The molecule has 29 heavy (non-hydrogen) atoms. The van der Waals surface area contributed by atoms with E-state index in [9.17, 15) is 14.3 Å². The maximum Gasteiger partial charge on any atom is 0.266 e. The second-order valence-corrected chi connectivity index (χ2v) is 7.36. The van der Waals surface area contributed by atoms with Crippen LogP contribution in [-0.2, 0) is 4.79 Å². The number of amides is 1. The van der Waals surface area contributed by atoms with Gasteiger partial charge in [-0.15, -0.1) is 0 Å². The largest absolute Gasteiger partial charge is 0.508 e. The minimum Gasteiger partial charge on any atom is -0.508 e. The fourth-order valence-corrected chi connectivity index (χ4v) is 4.04. The van der Waals surface area contributed by atoms with Gasteiger partial charge < -0.3 is 9.67 Å². The third-order valence-electron chi connectivity index (χ3n) is 4.44. The number of amidine groups is 1. The van der Waals surface area contributed by atoms with Crippen molar-refractivity contribution in [2.75, 3.05) is 6.54 Å². The molecule has 2 heterocycles. The van der Waals surface area contributed by atoms with E-state index in [1.54, 1.807) is 41.3 Å². The molecule has 146 valence electrons. The highest BCUT2D eigenvalue weighted by Gasteiger charge is 2.32. The number of benzene rings is 2. The maximum absolute atomic E-state index is 13.1. The number of thioether (sulfide) groups is 1. The summed E-state index contributed by atoms with van der Waals surface area (Å²) in [5.41, 5.74) is 2.31. The van der Waals surface area contributed by atoms with Crippen molar-refractivity contribution in [3.05, 3.63) is 83.3 Å². The van der Waals surface area contributed by atoms with Crippen LogP contribution in [0.3, 0.4) is 0 Å². The molecule has 1 N–H and O–H groups in total. The molecule has 7 heteroatoms. The third kappa shape index (κ3) is 3.95. The molecule has 3 aromatic rings. The normalized spacial score (nSPS) is 16.9. The summed E-state index contributed by atoms with van der Waals surface area (Å²) >= 11 is 1.30. The van der Waals surface area contributed by atoms with Crippen molar-refractivity contribution in [3.63, 3.8) is 0 Å². The molecular formula is C22H18FN3O2S. The van der Waals surface area contributed by atoms with Gasteiger partial charge in [-0.1, -0.05) is 0 Å². The number of likely N-dealkylation sites (N-methyl/N-ethyl adjacent to an activating group) is 1. The number of rotatable bonds is 4. The van der Waals surface area contributed by atoms with Gasteiger partial charge in [0.25, 0.3) is 5.91 Å². The fourth-order valence-electron chi connectivity index (χ4n) is 2.99. The number of carbonyl (C=O) groups is 1. The van der Waals surface area contributed by atoms with Gasteiger partial charge >= 0.3 is 0 Å². The Morgan fingerprint density at radius 1 is 1.10 bits per heavy atom. The fraction of sp³-hybridized carbons (Fsp3) is 0.0909. The van der Waals surface area contributed by atoms with E-state index in [4.69, 9.17) is 0 Å². The average Bonchev–Trinajstić information content (AvgIpc) is 3.29. The van der Waals surface area contributed by atoms with Crippen LogP contribution >= 0.6 is 11.8 Å². The lowest BCUT2D eigenvalue weighted by Gasteiger charge is -2.12. The lowest BCUT2D eigenvalue weighted by molar-refractivity contribution is -0.122. The number of carbonyl (C=O) groups excluding carboxylic acids is 1. The van der Waals surface area contributed by atoms with Gasteiger partial charge in [-0.05, 0) is 85.4 Å². The summed E-state index contributed by atoms with van der Waals surface area (Å²) in [4.78, 5) is 19.5. The van der Waals surface area contributed by atoms with E-state index in [2.05, 4.69) is 4.99 Å². The van der Waals surface area contributed by atoms with Gasteiger partial charge in [-0.3, -0.25) is 9.69 Å². The number of nitrogens with zero attached hydrogens (tertiary/aromatic N) is 3. The first-order valence-electron chi connectivity index (χ1n) is 9.07. The molecule has 2 aromatic carbocycles. The number of aromatic nitrogens is 1. The van der Waals surface area contributed by atoms with Gasteiger partial charge in [0.2, 0.25) is 0 Å². The van der Waals surface area contributed by atoms with Crippen LogP contribution in [0.4, 0.5) is 10.1 Å². The van der Waals surface area contributed by atoms with Gasteiger partial charge in [-0.25, -0.2) is 9.38 Å². The zero-order valence-electron chi connectivity index (χ0n) is 15.6. The van der Waals surface area contributed by atoms with Crippen LogP contribution in [0.15, 0.2) is 76.8 Å². The Bertz CT molecular complexity index is 1100. The molecule has 1 aliphatic rings. The van der Waals surface area contributed by atoms with E-state index < -0.39 is 0 Å². The van der Waals surface area contributed by atoms with Crippen LogP contribution in [0.2, 0.25) is 0 Å². The predicted octanol–water partition coefficient (Wildman–Crippen LogP) is 4.95. The Morgan fingerprint density at radius 3 is 2.52 bits per heavy atom. The first kappa shape index (κ1) is 19.0. The van der Waals surface area contributed by atoms with Crippen molar-refractivity contribution in [3.8, 4) is 11.4 Å². The maximum atomic E-state index is 13.1. The third-order valence-corrected chi connectivity index (χ3v) is 5.45. The number of phenolic OH excluding ortho intramolecular Hbond substituents is 1. The van der Waals surface area contributed by atoms with Crippen LogP contribution in [0.25, 0.3) is 11.8 Å². The van der Waals surface area contributed by atoms with Crippen LogP contribution < -0.4 is 0 Å². The summed E-state index contributed by atoms with van der Waals surface area (Å²) in [6.07, 6.45) is 3.73. The average molecular weight is 407 g/mol. The summed E-state index contributed by atoms with van der Waals surface area (Å²) in [7, 11) is 0. The number of hydrogen-bond donors (Lipinski definition) is 1. The molecule has 0 bridgehead atoms. The number of halogens is 1. The number of aromatic hydroxyl groups is 1. The van der Waals surface area contributed by atoms with Crippen molar-refractivity contribution >= 4 is 34.6 Å². The van der Waals surface area contributed by atoms with Gasteiger partial charge in [0.1, 0.15) is 11.6 Å². The monoisotopic (exact) mass is 407 g/mol. The minimum atomic E-state index is -0.327. The summed E-state index contributed by atoms with van der Waals surface area (Å²) < 4.78 is 15.1. The van der Waals surface area contributed by atoms with Gasteiger partial charge in [0.05, 0.1) is 10.6 Å². The number of phenols is 1. The smallest absolute Gasteiger partial charge is 0.266 e. The molecule has 0 saturated carbocycles. The van der Waals surface area contributed by atoms with Crippen molar-refractivity contribution in [1.82, 2.24) is 9.47 Å². The van der Waals surface area contributed by atoms with Gasteiger partial charge in [0, 0.05) is 24.1 Å². The van der Waals surface area contributed by atoms with E-state index in [-0.39, 0.29) is 17.5 Å². The molecule has 0 atom stereocenters. The molecule has 1 fully saturated rings. The Balaban J connectivity index is 1.67. The van der Waals surface area contributed by atoms with E-state index in [0.717, 1.165) is 11.4 Å². The second-order valence-electron chi connectivity index (χ2n) is 6.35. The van der Waals surface area contributed by atoms with Crippen LogP contribution in [0.5, 0.6) is 5.75 Å². The molecule has 5 nitrogen and oxygen atoms in total. The van der Waals surface area contributed by atoms with Crippen molar-refractivity contribution in [2.45, 2.75) is 6.92 Å². The molecule has 0 unspecified atom stereocenters. The van der Waals surface area contributed by atoms with Crippen LogP contribution in [-0.4, -0.2) is 32.2 Å². The Morgan fingerprint density at radius 2 is 1.83 bits per heavy atom. The molecule has 4 rings (SSSR count). The number of aliphatic imine (C=N–C) groups is 1. The standard InChI is InChI=1S/C22H18FN3O2S/c1-2-25-21(28)20(29-22(25)24-16-7-5-15(23)6-8-16)14-18-4-3-13-26(18)17-9-11-19(27)12-10-17/h3-14,27H,2H2,1H3/b20-14-,24-22?. The molecular weight excluding hydrogens is 389 g/mol. The zero-order valence-corrected chi connectivity index (χ0v) is 16.4. The first-order valence-corrected chi connectivity index (χ1v) is 9.89. The van der Waals surface area contributed by atoms with E-state index in [1.807, 2.05) is 35.9 Å². The molecule has 1 aliphatic heterocycles. The highest BCUT2D eigenvalue weighted by Crippen LogP contribution is 2.34. The Labute approximate surface area is 171 Å². The van der Waals surface area contributed by atoms with Gasteiger partial charge in [0.15, 0.2) is 5.17 Å². The molecule has 0 radical (unpaired) electrons. The predicted molar refractivity (Wildman–Crippen MR) is 114 cm³/mol. The molecule has 0 aliphatic carbocycles. The molecule has 1 amide bonds. The minimum absolute atomic E-state index is 0.114. The molecule has 0 spiro atoms. The Hall–Kier alpha value is -3.32. The van der Waals surface area contributed by atoms with E-state index in [1.165, 1.54) is 23.9 Å². The lowest BCUT2D eigenvalue weighted by atomic mass is 10.3. The van der Waals surface area contributed by atoms with Crippen molar-refractivity contribution in [1.29, 1.82) is 0 Å². The van der Waals surface area contributed by atoms with Crippen molar-refractivity contribution in [2.24, 2.45) is 4.99 Å². The highest BCUT2D eigenvalue weighted by molar-refractivity contribution is 8.18. The zero-order chi connectivity index (χ0) is 20.4. The van der Waals surface area contributed by atoms with Crippen LogP contribution in [0, 0.1) is 5.82 Å². The second kappa shape index (κ2) is 7.97. The van der Waals surface area contributed by atoms with Crippen LogP contribution in [0.1, 0.15) is 12.6 Å².